The van der Waals surface area contributed by atoms with Gasteiger partial charge in [0, 0.05) is 12.1 Å². The van der Waals surface area contributed by atoms with Gasteiger partial charge in [-0.2, -0.15) is 18.2 Å². The Hall–Kier alpha value is -4.05. The number of nitrogens with one attached hydrogen (secondary N) is 3. The average Bonchev–Trinajstić information content (AvgIpc) is 2.90. The van der Waals surface area contributed by atoms with E-state index in [1.165, 1.54) is 31.2 Å². The van der Waals surface area contributed by atoms with Crippen LogP contribution in [0, 0.1) is 0 Å². The predicted molar refractivity (Wildman–Crippen MR) is 150 cm³/mol. The summed E-state index contributed by atoms with van der Waals surface area (Å²) in [6, 6.07) is 12.9. The molecule has 16 heteroatoms. The Balaban J connectivity index is 1.64. The maximum Gasteiger partial charge on any atom is 0.405 e. The van der Waals surface area contributed by atoms with Crippen LogP contribution in [0.25, 0.3) is 22.3 Å². The molecule has 1 amide bonds. The number of hydrogen-bond acceptors (Lipinski definition) is 9. The summed E-state index contributed by atoms with van der Waals surface area (Å²) in [5, 5.41) is 13.1. The zero-order chi connectivity index (χ0) is 29.9. The van der Waals surface area contributed by atoms with Crippen molar-refractivity contribution in [3.63, 3.8) is 0 Å². The van der Waals surface area contributed by atoms with Gasteiger partial charge in [-0.25, -0.2) is 23.5 Å². The minimum atomic E-state index is -4.53. The normalized spacial score (nSPS) is 12.7. The van der Waals surface area contributed by atoms with Crippen molar-refractivity contribution in [2.24, 2.45) is 10.9 Å². The van der Waals surface area contributed by atoms with Crippen molar-refractivity contribution < 1.29 is 26.4 Å². The van der Waals surface area contributed by atoms with Gasteiger partial charge in [-0.05, 0) is 48.9 Å². The highest BCUT2D eigenvalue weighted by Crippen LogP contribution is 2.31. The van der Waals surface area contributed by atoms with E-state index in [0.29, 0.717) is 22.5 Å². The Labute approximate surface area is 237 Å². The molecule has 0 radical (unpaired) electrons. The van der Waals surface area contributed by atoms with Gasteiger partial charge in [0.2, 0.25) is 21.9 Å². The SMILES string of the molecule is C[C@H](N)C(=O)Nc1ccc(-c2ccc3nc(NCc4ccc(S(N)(=O)=O)cc4)nc(NCC(F)(F)F)c3n2)cc1Cl. The maximum atomic E-state index is 13.0. The Bertz CT molecular complexity index is 1700. The highest BCUT2D eigenvalue weighted by Gasteiger charge is 2.27. The van der Waals surface area contributed by atoms with E-state index in [2.05, 4.69) is 30.9 Å². The van der Waals surface area contributed by atoms with E-state index in [4.69, 9.17) is 22.5 Å². The molecule has 216 valence electrons. The molecule has 0 saturated carbocycles. The van der Waals surface area contributed by atoms with Crippen molar-refractivity contribution in [3.05, 3.63) is 65.2 Å². The number of fused-ring (bicyclic) bond motifs is 1. The summed E-state index contributed by atoms with van der Waals surface area (Å²) in [6.45, 7) is 0.308. The van der Waals surface area contributed by atoms with E-state index < -0.39 is 34.7 Å². The van der Waals surface area contributed by atoms with E-state index in [9.17, 15) is 26.4 Å². The molecule has 2 aromatic carbocycles. The molecule has 2 heterocycles. The fraction of sp³-hybridized carbons (Fsp3) is 0.200. The molecule has 7 N–H and O–H groups in total. The molecule has 11 nitrogen and oxygen atoms in total. The number of sulfonamides is 1. The van der Waals surface area contributed by atoms with Crippen LogP contribution in [0.5, 0.6) is 0 Å². The summed E-state index contributed by atoms with van der Waals surface area (Å²) in [4.78, 5) is 24.9. The topological polar surface area (TPSA) is 178 Å². The second-order valence-electron chi connectivity index (χ2n) is 8.94. The van der Waals surface area contributed by atoms with Crippen LogP contribution in [0.2, 0.25) is 5.02 Å². The molecule has 0 fully saturated rings. The van der Waals surface area contributed by atoms with Crippen LogP contribution in [0.4, 0.5) is 30.6 Å². The standard InChI is InChI=1S/C25H24ClF3N8O3S/c1-13(30)23(38)35-19-7-4-15(10-17(19)26)18-8-9-20-21(34-18)22(33-12-25(27,28)29)37-24(36-20)32-11-14-2-5-16(6-3-14)41(31,39)40/h2-10,13H,11-12,30H2,1H3,(H,35,38)(H2,31,39,40)(H2,32,33,36,37)/t13-/m0/s1. The lowest BCUT2D eigenvalue weighted by atomic mass is 10.1. The third-order valence-corrected chi connectivity index (χ3v) is 6.88. The number of alkyl halides is 3. The molecule has 0 spiro atoms. The Morgan fingerprint density at radius 3 is 2.34 bits per heavy atom. The Morgan fingerprint density at radius 2 is 1.73 bits per heavy atom. The highest BCUT2D eigenvalue weighted by molar-refractivity contribution is 7.89. The van der Waals surface area contributed by atoms with Crippen LogP contribution in [0.1, 0.15) is 12.5 Å². The molecule has 41 heavy (non-hydrogen) atoms. The number of aromatic nitrogens is 3. The smallest absolute Gasteiger partial charge is 0.359 e. The lowest BCUT2D eigenvalue weighted by molar-refractivity contribution is -0.117. The summed E-state index contributed by atoms with van der Waals surface area (Å²) < 4.78 is 62.0. The van der Waals surface area contributed by atoms with E-state index in [0.717, 1.165) is 0 Å². The van der Waals surface area contributed by atoms with E-state index in [-0.39, 0.29) is 39.3 Å². The number of benzene rings is 2. The first kappa shape index (κ1) is 29.9. The molecule has 2 aromatic heterocycles. The highest BCUT2D eigenvalue weighted by atomic mass is 35.5. The van der Waals surface area contributed by atoms with Gasteiger partial charge in [0.15, 0.2) is 5.82 Å². The fourth-order valence-corrected chi connectivity index (χ4v) is 4.30. The second-order valence-corrected chi connectivity index (χ2v) is 10.9. The Kier molecular flexibility index (Phi) is 8.63. The number of nitrogens with zero attached hydrogens (tertiary/aromatic N) is 3. The van der Waals surface area contributed by atoms with Gasteiger partial charge in [0.05, 0.1) is 32.9 Å². The lowest BCUT2D eigenvalue weighted by Crippen LogP contribution is -2.32. The third-order valence-electron chi connectivity index (χ3n) is 5.64. The largest absolute Gasteiger partial charge is 0.405 e. The number of primary sulfonamides is 1. The molecule has 0 aliphatic carbocycles. The molecule has 0 aliphatic rings. The van der Waals surface area contributed by atoms with Crippen LogP contribution in [-0.4, -0.2) is 48.0 Å². The molecule has 4 aromatic rings. The van der Waals surface area contributed by atoms with Crippen LogP contribution in [-0.2, 0) is 21.4 Å². The van der Waals surface area contributed by atoms with Crippen molar-refractivity contribution >= 4 is 56.0 Å². The minimum Gasteiger partial charge on any atom is -0.359 e. The average molecular weight is 609 g/mol. The van der Waals surface area contributed by atoms with Crippen molar-refractivity contribution in [1.82, 2.24) is 15.0 Å². The van der Waals surface area contributed by atoms with Crippen LogP contribution < -0.4 is 26.8 Å². The van der Waals surface area contributed by atoms with E-state index >= 15 is 0 Å². The second kappa shape index (κ2) is 11.8. The molecule has 0 aliphatic heterocycles. The number of anilines is 3. The quantitative estimate of drug-likeness (QED) is 0.189. The van der Waals surface area contributed by atoms with Crippen LogP contribution in [0.3, 0.4) is 0 Å². The first-order valence-electron chi connectivity index (χ1n) is 11.9. The number of nitrogens with two attached hydrogens (primary N) is 2. The van der Waals surface area contributed by atoms with Crippen molar-refractivity contribution in [3.8, 4) is 11.3 Å². The van der Waals surface area contributed by atoms with Gasteiger partial charge < -0.3 is 21.7 Å². The first-order valence-corrected chi connectivity index (χ1v) is 13.8. The number of pyridine rings is 1. The molecule has 0 bridgehead atoms. The summed E-state index contributed by atoms with van der Waals surface area (Å²) in [7, 11) is -3.85. The zero-order valence-electron chi connectivity index (χ0n) is 21.3. The van der Waals surface area contributed by atoms with Gasteiger partial charge in [-0.15, -0.1) is 0 Å². The van der Waals surface area contributed by atoms with Gasteiger partial charge in [0.25, 0.3) is 0 Å². The summed E-state index contributed by atoms with van der Waals surface area (Å²) in [5.41, 5.74) is 7.80. The Morgan fingerprint density at radius 1 is 1.02 bits per heavy atom. The van der Waals surface area contributed by atoms with Gasteiger partial charge in [-0.1, -0.05) is 29.8 Å². The van der Waals surface area contributed by atoms with Crippen molar-refractivity contribution in [2.45, 2.75) is 30.6 Å². The van der Waals surface area contributed by atoms with Gasteiger partial charge in [0.1, 0.15) is 12.1 Å². The number of halogens is 4. The van der Waals surface area contributed by atoms with Gasteiger partial charge >= 0.3 is 6.18 Å². The minimum absolute atomic E-state index is 0.0181. The molecule has 0 saturated heterocycles. The fourth-order valence-electron chi connectivity index (χ4n) is 3.56. The molecule has 4 rings (SSSR count). The predicted octanol–water partition coefficient (Wildman–Crippen LogP) is 3.86. The number of hydrogen-bond donors (Lipinski definition) is 5. The molecule has 1 atom stereocenters. The summed E-state index contributed by atoms with van der Waals surface area (Å²) in [6.07, 6.45) is -4.53. The first-order chi connectivity index (χ1) is 19.2. The summed E-state index contributed by atoms with van der Waals surface area (Å²) in [5.74, 6) is -0.566. The number of amides is 1. The van der Waals surface area contributed by atoms with E-state index in [1.54, 1.807) is 30.3 Å². The molecular weight excluding hydrogens is 585 g/mol. The van der Waals surface area contributed by atoms with E-state index in [1.807, 2.05) is 0 Å². The monoisotopic (exact) mass is 608 g/mol. The van der Waals surface area contributed by atoms with Crippen molar-refractivity contribution in [1.29, 1.82) is 0 Å². The number of rotatable bonds is 9. The maximum absolute atomic E-state index is 13.0. The number of carbonyl (C=O) groups is 1. The van der Waals surface area contributed by atoms with Gasteiger partial charge in [-0.3, -0.25) is 4.79 Å². The van der Waals surface area contributed by atoms with Crippen molar-refractivity contribution in [2.75, 3.05) is 22.5 Å². The molecular formula is C25H24ClF3N8O3S. The zero-order valence-corrected chi connectivity index (χ0v) is 22.9. The number of carbonyl (C=O) groups excluding carboxylic acids is 1. The van der Waals surface area contributed by atoms with Crippen LogP contribution in [0.15, 0.2) is 59.5 Å². The summed E-state index contributed by atoms with van der Waals surface area (Å²) >= 11 is 6.32. The van der Waals surface area contributed by atoms with Crippen LogP contribution >= 0.6 is 11.6 Å². The molecule has 0 unspecified atom stereocenters. The third kappa shape index (κ3) is 7.79. The lowest BCUT2D eigenvalue weighted by Gasteiger charge is -2.14.